The minimum atomic E-state index is 0.0503. The zero-order chi connectivity index (χ0) is 24.1. The summed E-state index contributed by atoms with van der Waals surface area (Å²) >= 11 is 0. The summed E-state index contributed by atoms with van der Waals surface area (Å²) in [5.41, 5.74) is 3.81. The van der Waals surface area contributed by atoms with Crippen molar-refractivity contribution in [1.29, 1.82) is 0 Å². The molecule has 5 nitrogen and oxygen atoms in total. The smallest absolute Gasteiger partial charge is 0.254 e. The fourth-order valence-corrected chi connectivity index (χ4v) is 5.05. The molecule has 2 heterocycles. The Hall–Kier alpha value is -2.82. The van der Waals surface area contributed by atoms with Gasteiger partial charge in [0.25, 0.3) is 5.91 Å². The van der Waals surface area contributed by atoms with Gasteiger partial charge >= 0.3 is 0 Å². The molecule has 1 atom stereocenters. The van der Waals surface area contributed by atoms with Gasteiger partial charge in [-0.2, -0.15) is 0 Å². The largest absolute Gasteiger partial charge is 0.490 e. The highest BCUT2D eigenvalue weighted by atomic mass is 16.5. The molecule has 4 rings (SSSR count). The van der Waals surface area contributed by atoms with Gasteiger partial charge in [-0.3, -0.25) is 9.59 Å². The lowest BCUT2D eigenvalue weighted by atomic mass is 10.0. The van der Waals surface area contributed by atoms with Crippen molar-refractivity contribution in [1.82, 2.24) is 4.90 Å². The van der Waals surface area contributed by atoms with Crippen molar-refractivity contribution in [3.8, 4) is 5.75 Å². The van der Waals surface area contributed by atoms with Crippen molar-refractivity contribution < 1.29 is 14.3 Å². The molecule has 2 aromatic rings. The van der Waals surface area contributed by atoms with Crippen LogP contribution in [-0.4, -0.2) is 35.9 Å². The van der Waals surface area contributed by atoms with Gasteiger partial charge in [0.1, 0.15) is 11.9 Å². The third kappa shape index (κ3) is 5.81. The van der Waals surface area contributed by atoms with Crippen LogP contribution in [-0.2, 0) is 17.8 Å². The number of anilines is 1. The van der Waals surface area contributed by atoms with Crippen molar-refractivity contribution >= 4 is 17.5 Å². The van der Waals surface area contributed by atoms with Crippen LogP contribution in [0.15, 0.2) is 42.5 Å². The Balaban J connectivity index is 1.63. The Bertz CT molecular complexity index is 1020. The van der Waals surface area contributed by atoms with E-state index in [2.05, 4.69) is 26.8 Å². The van der Waals surface area contributed by atoms with Gasteiger partial charge in [-0.15, -0.1) is 0 Å². The molecule has 0 spiro atoms. The zero-order valence-corrected chi connectivity index (χ0v) is 20.9. The van der Waals surface area contributed by atoms with E-state index in [0.29, 0.717) is 24.4 Å². The van der Waals surface area contributed by atoms with Crippen LogP contribution in [0.4, 0.5) is 5.69 Å². The first-order valence-corrected chi connectivity index (χ1v) is 12.9. The minimum Gasteiger partial charge on any atom is -0.490 e. The molecule has 2 aromatic carbocycles. The van der Waals surface area contributed by atoms with E-state index in [9.17, 15) is 9.59 Å². The summed E-state index contributed by atoms with van der Waals surface area (Å²) in [6, 6.07) is 13.9. The molecule has 0 bridgehead atoms. The summed E-state index contributed by atoms with van der Waals surface area (Å²) in [7, 11) is 0. The molecule has 0 N–H and O–H groups in total. The minimum absolute atomic E-state index is 0.0503. The number of amides is 2. The van der Waals surface area contributed by atoms with E-state index in [1.807, 2.05) is 46.2 Å². The number of hydrogen-bond acceptors (Lipinski definition) is 3. The molecule has 0 fully saturated rings. The number of hydrogen-bond donors (Lipinski definition) is 0. The van der Waals surface area contributed by atoms with Crippen LogP contribution in [0.5, 0.6) is 5.75 Å². The molecule has 5 heteroatoms. The van der Waals surface area contributed by atoms with Crippen LogP contribution in [0, 0.1) is 5.92 Å². The van der Waals surface area contributed by atoms with E-state index in [-0.39, 0.29) is 17.9 Å². The third-order valence-corrected chi connectivity index (χ3v) is 6.77. The van der Waals surface area contributed by atoms with Gasteiger partial charge < -0.3 is 14.5 Å². The fourth-order valence-electron chi connectivity index (χ4n) is 5.05. The van der Waals surface area contributed by atoms with Gasteiger partial charge in [0.2, 0.25) is 5.91 Å². The summed E-state index contributed by atoms with van der Waals surface area (Å²) in [6.07, 6.45) is 6.86. The molecular weight excluding hydrogens is 424 g/mol. The normalized spacial score (nSPS) is 19.0. The molecular formula is C29H38N2O3. The second-order valence-electron chi connectivity index (χ2n) is 10.2. The standard InChI is InChI=1S/C29H38N2O3/c1-21(2)17-28(32)31-16-10-6-4-5-9-15-30(20-24-11-7-8-12-26(24)31)29(33)23-13-14-27-25(19-23)18-22(3)34-27/h7-8,11-14,19,21-22H,4-6,9-10,15-18,20H2,1-3H3. The zero-order valence-electron chi connectivity index (χ0n) is 20.9. The van der Waals surface area contributed by atoms with Gasteiger partial charge in [0, 0.05) is 43.7 Å². The van der Waals surface area contributed by atoms with Crippen LogP contribution >= 0.6 is 0 Å². The number of fused-ring (bicyclic) bond motifs is 2. The highest BCUT2D eigenvalue weighted by molar-refractivity contribution is 5.96. The molecule has 34 heavy (non-hydrogen) atoms. The molecule has 0 saturated heterocycles. The number of ether oxygens (including phenoxy) is 1. The van der Waals surface area contributed by atoms with Crippen LogP contribution < -0.4 is 9.64 Å². The molecule has 1 unspecified atom stereocenters. The summed E-state index contributed by atoms with van der Waals surface area (Å²) in [4.78, 5) is 30.8. The maximum Gasteiger partial charge on any atom is 0.254 e. The molecule has 0 saturated carbocycles. The highest BCUT2D eigenvalue weighted by Crippen LogP contribution is 2.31. The summed E-state index contributed by atoms with van der Waals surface area (Å²) in [5, 5.41) is 0. The maximum atomic E-state index is 13.7. The first-order valence-electron chi connectivity index (χ1n) is 12.9. The SMILES string of the molecule is CC(C)CC(=O)N1CCCCCCCN(C(=O)c2ccc3c(c2)CC(C)O3)Cc2ccccc21. The van der Waals surface area contributed by atoms with Crippen molar-refractivity contribution in [3.05, 3.63) is 59.2 Å². The monoisotopic (exact) mass is 462 g/mol. The quantitative estimate of drug-likeness (QED) is 0.562. The van der Waals surface area contributed by atoms with Gasteiger partial charge in [-0.05, 0) is 61.1 Å². The van der Waals surface area contributed by atoms with Crippen LogP contribution in [0.2, 0.25) is 0 Å². The Morgan fingerprint density at radius 3 is 2.50 bits per heavy atom. The predicted molar refractivity (Wildman–Crippen MR) is 136 cm³/mol. The number of para-hydroxylation sites is 1. The Kier molecular flexibility index (Phi) is 7.91. The molecule has 2 aliphatic rings. The van der Waals surface area contributed by atoms with Crippen molar-refractivity contribution in [3.63, 3.8) is 0 Å². The first-order chi connectivity index (χ1) is 16.4. The Morgan fingerprint density at radius 1 is 0.971 bits per heavy atom. The van der Waals surface area contributed by atoms with E-state index in [0.717, 1.165) is 74.2 Å². The average Bonchev–Trinajstić information content (AvgIpc) is 3.17. The van der Waals surface area contributed by atoms with E-state index in [1.165, 1.54) is 0 Å². The maximum absolute atomic E-state index is 13.7. The molecule has 182 valence electrons. The van der Waals surface area contributed by atoms with Crippen LogP contribution in [0.1, 0.15) is 80.8 Å². The van der Waals surface area contributed by atoms with E-state index < -0.39 is 0 Å². The first kappa shape index (κ1) is 24.3. The van der Waals surface area contributed by atoms with E-state index in [4.69, 9.17) is 4.74 Å². The number of carbonyl (C=O) groups is 2. The summed E-state index contributed by atoms with van der Waals surface area (Å²) in [6.45, 7) is 8.19. The summed E-state index contributed by atoms with van der Waals surface area (Å²) < 4.78 is 5.83. The predicted octanol–water partition coefficient (Wildman–Crippen LogP) is 6.00. The third-order valence-electron chi connectivity index (χ3n) is 6.77. The number of carbonyl (C=O) groups excluding carboxylic acids is 2. The van der Waals surface area contributed by atoms with Gasteiger partial charge in [0.05, 0.1) is 0 Å². The van der Waals surface area contributed by atoms with Gasteiger partial charge in [-0.1, -0.05) is 51.3 Å². The highest BCUT2D eigenvalue weighted by Gasteiger charge is 2.25. The van der Waals surface area contributed by atoms with Crippen molar-refractivity contribution in [2.75, 3.05) is 18.0 Å². The molecule has 0 aliphatic carbocycles. The topological polar surface area (TPSA) is 49.9 Å². The molecule has 0 aromatic heterocycles. The lowest BCUT2D eigenvalue weighted by molar-refractivity contribution is -0.119. The Morgan fingerprint density at radius 2 is 1.71 bits per heavy atom. The van der Waals surface area contributed by atoms with Crippen LogP contribution in [0.25, 0.3) is 0 Å². The lowest BCUT2D eigenvalue weighted by Gasteiger charge is -2.30. The lowest BCUT2D eigenvalue weighted by Crippen LogP contribution is -2.36. The molecule has 2 amide bonds. The Labute approximate surface area is 204 Å². The van der Waals surface area contributed by atoms with E-state index >= 15 is 0 Å². The molecule has 2 aliphatic heterocycles. The number of rotatable bonds is 3. The van der Waals surface area contributed by atoms with Gasteiger partial charge in [0.15, 0.2) is 0 Å². The van der Waals surface area contributed by atoms with Gasteiger partial charge in [-0.25, -0.2) is 0 Å². The average molecular weight is 463 g/mol. The summed E-state index contributed by atoms with van der Waals surface area (Å²) in [5.74, 6) is 1.42. The van der Waals surface area contributed by atoms with Crippen molar-refractivity contribution in [2.24, 2.45) is 5.92 Å². The van der Waals surface area contributed by atoms with E-state index in [1.54, 1.807) is 0 Å². The second-order valence-corrected chi connectivity index (χ2v) is 10.2. The van der Waals surface area contributed by atoms with Crippen molar-refractivity contribution in [2.45, 2.75) is 78.4 Å². The van der Waals surface area contributed by atoms with Crippen LogP contribution in [0.3, 0.4) is 0 Å². The number of benzene rings is 2. The number of nitrogens with zero attached hydrogens (tertiary/aromatic N) is 2. The fraction of sp³-hybridized carbons (Fsp3) is 0.517. The second kappa shape index (κ2) is 11.1. The molecule has 0 radical (unpaired) electrons.